The molecule has 9 rings (SSSR count). The van der Waals surface area contributed by atoms with Crippen molar-refractivity contribution >= 4 is 0 Å². The minimum Gasteiger partial charge on any atom is -0.256 e. The maximum Gasteiger partial charge on any atom is 0.179 e. The number of aromatic nitrogens is 6. The Morgan fingerprint density at radius 3 is 1.10 bits per heavy atom. The van der Waals surface area contributed by atoms with E-state index in [0.717, 1.165) is 80.4 Å². The number of hydrogen-bond acceptors (Lipinski definition) is 6. The first-order chi connectivity index (χ1) is 29.1. The summed E-state index contributed by atoms with van der Waals surface area (Å²) in [7, 11) is 0. The summed E-state index contributed by atoms with van der Waals surface area (Å²) in [6.07, 6.45) is 5.49. The zero-order valence-corrected chi connectivity index (χ0v) is 33.1. The largest absolute Gasteiger partial charge is 0.256 e. The van der Waals surface area contributed by atoms with E-state index < -0.39 is 0 Å². The average molecular weight is 763 g/mol. The fraction of sp³-hybridized carbons (Fsp3) is 0.0943. The van der Waals surface area contributed by atoms with Crippen molar-refractivity contribution in [3.05, 3.63) is 206 Å². The molecule has 0 amide bonds. The molecule has 6 nitrogen and oxygen atoms in total. The monoisotopic (exact) mass is 762 g/mol. The van der Waals surface area contributed by atoms with Crippen LogP contribution in [0.4, 0.5) is 0 Å². The summed E-state index contributed by atoms with van der Waals surface area (Å²) in [5.74, 6) is 1.29. The fourth-order valence-corrected chi connectivity index (χ4v) is 7.92. The SMILES string of the molecule is CCC(CC)(c1ccc(-c2cc(-c3ccccc3)nc(-c3ccc(-c4ccccn4)cc3)n2)cc1)c1ccc(-c2cc(-c3ccccc3)nc(-c3ccccn3)n2)cc1. The van der Waals surface area contributed by atoms with E-state index in [1.54, 1.807) is 6.20 Å². The Labute approximate surface area is 345 Å². The molecule has 9 aromatic rings. The lowest BCUT2D eigenvalue weighted by Gasteiger charge is -2.33. The van der Waals surface area contributed by atoms with Gasteiger partial charge in [0.15, 0.2) is 11.6 Å². The molecule has 0 saturated carbocycles. The van der Waals surface area contributed by atoms with Gasteiger partial charge in [-0.05, 0) is 60.4 Å². The van der Waals surface area contributed by atoms with Gasteiger partial charge in [-0.15, -0.1) is 0 Å². The number of hydrogen-bond donors (Lipinski definition) is 0. The second-order valence-electron chi connectivity index (χ2n) is 14.6. The minimum atomic E-state index is -0.182. The summed E-state index contributed by atoms with van der Waals surface area (Å²) in [6.45, 7) is 4.56. The second kappa shape index (κ2) is 16.6. The molecule has 0 atom stereocenters. The summed E-state index contributed by atoms with van der Waals surface area (Å²) < 4.78 is 0. The van der Waals surface area contributed by atoms with Gasteiger partial charge in [0.2, 0.25) is 0 Å². The molecule has 0 N–H and O–H groups in total. The van der Waals surface area contributed by atoms with E-state index in [1.165, 1.54) is 11.1 Å². The van der Waals surface area contributed by atoms with Gasteiger partial charge < -0.3 is 0 Å². The van der Waals surface area contributed by atoms with E-state index in [2.05, 4.69) is 133 Å². The molecule has 284 valence electrons. The van der Waals surface area contributed by atoms with Gasteiger partial charge in [0.05, 0.1) is 28.5 Å². The van der Waals surface area contributed by atoms with E-state index in [1.807, 2.05) is 79.0 Å². The highest BCUT2D eigenvalue weighted by Crippen LogP contribution is 2.41. The first-order valence-electron chi connectivity index (χ1n) is 20.1. The van der Waals surface area contributed by atoms with Crippen LogP contribution >= 0.6 is 0 Å². The zero-order chi connectivity index (χ0) is 40.0. The Hall–Kier alpha value is -7.44. The van der Waals surface area contributed by atoms with Gasteiger partial charge >= 0.3 is 0 Å². The molecule has 0 spiro atoms. The summed E-state index contributed by atoms with van der Waals surface area (Å²) in [6, 6.07) is 62.7. The van der Waals surface area contributed by atoms with Gasteiger partial charge in [0.25, 0.3) is 0 Å². The molecular weight excluding hydrogens is 721 g/mol. The third-order valence-electron chi connectivity index (χ3n) is 11.3. The quantitative estimate of drug-likeness (QED) is 0.131. The molecule has 0 bridgehead atoms. The number of nitrogens with zero attached hydrogens (tertiary/aromatic N) is 6. The highest BCUT2D eigenvalue weighted by atomic mass is 14.9. The molecule has 0 fully saturated rings. The predicted octanol–water partition coefficient (Wildman–Crippen LogP) is 12.8. The maximum absolute atomic E-state index is 5.14. The van der Waals surface area contributed by atoms with E-state index in [9.17, 15) is 0 Å². The third-order valence-corrected chi connectivity index (χ3v) is 11.3. The highest BCUT2D eigenvalue weighted by molar-refractivity contribution is 5.74. The lowest BCUT2D eigenvalue weighted by atomic mass is 9.70. The highest BCUT2D eigenvalue weighted by Gasteiger charge is 2.31. The summed E-state index contributed by atoms with van der Waals surface area (Å²) >= 11 is 0. The van der Waals surface area contributed by atoms with Crippen LogP contribution in [0.15, 0.2) is 194 Å². The van der Waals surface area contributed by atoms with Crippen LogP contribution in [0.1, 0.15) is 37.8 Å². The van der Waals surface area contributed by atoms with Crippen molar-refractivity contribution in [2.24, 2.45) is 0 Å². The Morgan fingerprint density at radius 2 is 0.678 bits per heavy atom. The molecule has 0 unspecified atom stereocenters. The summed E-state index contributed by atoms with van der Waals surface area (Å²) in [5.41, 5.74) is 13.7. The molecule has 4 heterocycles. The van der Waals surface area contributed by atoms with Gasteiger partial charge in [0, 0.05) is 51.2 Å². The molecule has 0 aliphatic heterocycles. The van der Waals surface area contributed by atoms with Gasteiger partial charge in [-0.25, -0.2) is 19.9 Å². The molecule has 0 aliphatic carbocycles. The topological polar surface area (TPSA) is 77.3 Å². The standard InChI is InChI=1S/C53H42N6/c1-3-53(4-2,44-31-27-41(28-32-44)50-36-48(38-17-9-6-10-18-38)58-52(59-50)46-20-12-14-34-55-46)43-29-25-40(26-30-43)49-35-47(37-15-7-5-8-16-37)56-51(57-49)42-23-21-39(22-24-42)45-19-11-13-33-54-45/h5-36H,3-4H2,1-2H3. The van der Waals surface area contributed by atoms with Crippen LogP contribution in [0.5, 0.6) is 0 Å². The summed E-state index contributed by atoms with van der Waals surface area (Å²) in [5, 5.41) is 0. The van der Waals surface area contributed by atoms with Crippen molar-refractivity contribution in [3.8, 4) is 79.2 Å². The third kappa shape index (κ3) is 7.68. The van der Waals surface area contributed by atoms with Crippen molar-refractivity contribution in [1.82, 2.24) is 29.9 Å². The van der Waals surface area contributed by atoms with E-state index in [-0.39, 0.29) is 5.41 Å². The lowest BCUT2D eigenvalue weighted by Crippen LogP contribution is -2.26. The van der Waals surface area contributed by atoms with Crippen molar-refractivity contribution in [1.29, 1.82) is 0 Å². The van der Waals surface area contributed by atoms with Gasteiger partial charge in [-0.1, -0.05) is 159 Å². The fourth-order valence-electron chi connectivity index (χ4n) is 7.92. The molecule has 6 heteroatoms. The minimum absolute atomic E-state index is 0.182. The van der Waals surface area contributed by atoms with Crippen LogP contribution in [0, 0.1) is 0 Å². The molecule has 5 aromatic carbocycles. The van der Waals surface area contributed by atoms with Crippen LogP contribution in [0.3, 0.4) is 0 Å². The summed E-state index contributed by atoms with van der Waals surface area (Å²) in [4.78, 5) is 29.2. The van der Waals surface area contributed by atoms with Crippen LogP contribution in [-0.2, 0) is 5.41 Å². The van der Waals surface area contributed by atoms with E-state index >= 15 is 0 Å². The second-order valence-corrected chi connectivity index (χ2v) is 14.6. The van der Waals surface area contributed by atoms with Crippen LogP contribution < -0.4 is 0 Å². The molecule has 0 radical (unpaired) electrons. The van der Waals surface area contributed by atoms with Crippen LogP contribution in [0.25, 0.3) is 79.2 Å². The molecule has 0 saturated heterocycles. The molecule has 0 aliphatic rings. The number of rotatable bonds is 11. The van der Waals surface area contributed by atoms with Crippen molar-refractivity contribution < 1.29 is 0 Å². The normalized spacial score (nSPS) is 11.4. The van der Waals surface area contributed by atoms with Gasteiger partial charge in [-0.3, -0.25) is 9.97 Å². The van der Waals surface area contributed by atoms with Crippen molar-refractivity contribution in [2.75, 3.05) is 0 Å². The first kappa shape index (κ1) is 37.2. The average Bonchev–Trinajstić information content (AvgIpc) is 3.33. The molecular formula is C53H42N6. The maximum atomic E-state index is 5.14. The number of benzene rings is 5. The smallest absolute Gasteiger partial charge is 0.179 e. The van der Waals surface area contributed by atoms with Crippen molar-refractivity contribution in [3.63, 3.8) is 0 Å². The van der Waals surface area contributed by atoms with E-state index in [0.29, 0.717) is 11.6 Å². The molecule has 4 aromatic heterocycles. The van der Waals surface area contributed by atoms with E-state index in [4.69, 9.17) is 19.9 Å². The zero-order valence-electron chi connectivity index (χ0n) is 33.1. The van der Waals surface area contributed by atoms with Gasteiger partial charge in [0.1, 0.15) is 5.69 Å². The Morgan fingerprint density at radius 1 is 0.322 bits per heavy atom. The lowest BCUT2D eigenvalue weighted by molar-refractivity contribution is 0.478. The van der Waals surface area contributed by atoms with Crippen LogP contribution in [0.2, 0.25) is 0 Å². The number of pyridine rings is 2. The van der Waals surface area contributed by atoms with Crippen LogP contribution in [-0.4, -0.2) is 29.9 Å². The van der Waals surface area contributed by atoms with Crippen molar-refractivity contribution in [2.45, 2.75) is 32.1 Å². The Balaban J connectivity index is 1.04. The predicted molar refractivity (Wildman–Crippen MR) is 239 cm³/mol. The Kier molecular flexibility index (Phi) is 10.4. The molecule has 59 heavy (non-hydrogen) atoms. The first-order valence-corrected chi connectivity index (χ1v) is 20.1. The van der Waals surface area contributed by atoms with Gasteiger partial charge in [-0.2, -0.15) is 0 Å². The Bertz CT molecular complexity index is 2730.